The molecular formula is C12H13N3O2S. The molecule has 0 atom stereocenters. The Bertz CT molecular complexity index is 580. The Kier molecular flexibility index (Phi) is 3.57. The van der Waals surface area contributed by atoms with Gasteiger partial charge in [-0.25, -0.2) is 4.79 Å². The van der Waals surface area contributed by atoms with Crippen molar-refractivity contribution in [3.63, 3.8) is 0 Å². The Morgan fingerprint density at radius 3 is 2.94 bits per heavy atom. The highest BCUT2D eigenvalue weighted by molar-refractivity contribution is 7.10. The van der Waals surface area contributed by atoms with Gasteiger partial charge in [0.05, 0.1) is 5.69 Å². The number of hydrogen-bond acceptors (Lipinski definition) is 5. The summed E-state index contributed by atoms with van der Waals surface area (Å²) in [6, 6.07) is 1.91. The van der Waals surface area contributed by atoms with E-state index in [4.69, 9.17) is 5.11 Å². The Morgan fingerprint density at radius 1 is 1.50 bits per heavy atom. The van der Waals surface area contributed by atoms with Crippen molar-refractivity contribution in [2.45, 2.75) is 20.4 Å². The van der Waals surface area contributed by atoms with Crippen LogP contribution in [0.15, 0.2) is 18.5 Å². The van der Waals surface area contributed by atoms with Gasteiger partial charge in [-0.3, -0.25) is 4.98 Å². The minimum Gasteiger partial charge on any atom is -0.478 e. The van der Waals surface area contributed by atoms with Gasteiger partial charge in [0.2, 0.25) is 0 Å². The first-order valence-corrected chi connectivity index (χ1v) is 6.20. The van der Waals surface area contributed by atoms with Crippen LogP contribution in [-0.2, 0) is 6.54 Å². The topological polar surface area (TPSA) is 75.1 Å². The largest absolute Gasteiger partial charge is 0.478 e. The fourth-order valence-corrected chi connectivity index (χ4v) is 2.40. The summed E-state index contributed by atoms with van der Waals surface area (Å²) in [6.45, 7) is 4.24. The van der Waals surface area contributed by atoms with Gasteiger partial charge in [-0.05, 0) is 42.6 Å². The first-order valence-electron chi connectivity index (χ1n) is 5.42. The highest BCUT2D eigenvalue weighted by atomic mass is 32.1. The molecule has 0 amide bonds. The number of anilines is 1. The summed E-state index contributed by atoms with van der Waals surface area (Å²) in [6.07, 6.45) is 3.51. The number of nitrogens with zero attached hydrogens (tertiary/aromatic N) is 2. The number of carboxylic acids is 1. The fraction of sp³-hybridized carbons (Fsp3) is 0.250. The smallest absolute Gasteiger partial charge is 0.340 e. The number of pyridine rings is 1. The van der Waals surface area contributed by atoms with E-state index in [1.165, 1.54) is 11.5 Å². The van der Waals surface area contributed by atoms with Gasteiger partial charge < -0.3 is 10.4 Å². The molecule has 0 aliphatic heterocycles. The van der Waals surface area contributed by atoms with E-state index in [9.17, 15) is 4.79 Å². The van der Waals surface area contributed by atoms with Gasteiger partial charge in [0.1, 0.15) is 10.6 Å². The lowest BCUT2D eigenvalue weighted by Crippen LogP contribution is -2.05. The number of aryl methyl sites for hydroxylation is 2. The van der Waals surface area contributed by atoms with E-state index < -0.39 is 5.97 Å². The molecule has 94 valence electrons. The zero-order chi connectivity index (χ0) is 13.1. The third kappa shape index (κ3) is 2.48. The lowest BCUT2D eigenvalue weighted by atomic mass is 10.1. The molecule has 6 heteroatoms. The van der Waals surface area contributed by atoms with Crippen molar-refractivity contribution in [2.24, 2.45) is 0 Å². The average Bonchev–Trinajstić information content (AvgIpc) is 2.69. The number of carboxylic acid groups (broad SMARTS) is 1. The molecule has 0 unspecified atom stereocenters. The maximum Gasteiger partial charge on any atom is 0.340 e. The predicted octanol–water partition coefficient (Wildman–Crippen LogP) is 2.47. The molecule has 0 fully saturated rings. The Labute approximate surface area is 109 Å². The van der Waals surface area contributed by atoms with Crippen LogP contribution in [0.3, 0.4) is 0 Å². The standard InChI is InChI=1S/C12H13N3O2S/c1-7-5-13-4-3-9(7)6-14-11-10(12(16)17)8(2)15-18-11/h3-5,14H,6H2,1-2H3,(H,16,17). The van der Waals surface area contributed by atoms with Crippen LogP contribution < -0.4 is 5.32 Å². The first kappa shape index (κ1) is 12.5. The predicted molar refractivity (Wildman–Crippen MR) is 70.1 cm³/mol. The summed E-state index contributed by atoms with van der Waals surface area (Å²) < 4.78 is 4.06. The van der Waals surface area contributed by atoms with Crippen molar-refractivity contribution in [3.05, 3.63) is 40.8 Å². The molecule has 0 aromatic carbocycles. The molecule has 0 saturated heterocycles. The van der Waals surface area contributed by atoms with Gasteiger partial charge in [0.15, 0.2) is 0 Å². The summed E-state index contributed by atoms with van der Waals surface area (Å²) in [5, 5.41) is 12.8. The number of nitrogens with one attached hydrogen (secondary N) is 1. The molecule has 0 aliphatic rings. The lowest BCUT2D eigenvalue weighted by molar-refractivity contribution is 0.0697. The summed E-state index contributed by atoms with van der Waals surface area (Å²) >= 11 is 1.17. The number of rotatable bonds is 4. The molecule has 0 spiro atoms. The van der Waals surface area contributed by atoms with Crippen LogP contribution in [0.1, 0.15) is 27.2 Å². The van der Waals surface area contributed by atoms with Crippen LogP contribution in [0, 0.1) is 13.8 Å². The normalized spacial score (nSPS) is 10.3. The van der Waals surface area contributed by atoms with Crippen LogP contribution in [-0.4, -0.2) is 20.4 Å². The minimum absolute atomic E-state index is 0.256. The van der Waals surface area contributed by atoms with E-state index >= 15 is 0 Å². The number of aromatic nitrogens is 2. The van der Waals surface area contributed by atoms with Crippen LogP contribution >= 0.6 is 11.5 Å². The molecule has 2 aromatic heterocycles. The third-order valence-corrected chi connectivity index (χ3v) is 3.55. The van der Waals surface area contributed by atoms with Gasteiger partial charge >= 0.3 is 5.97 Å². The van der Waals surface area contributed by atoms with E-state index in [1.54, 1.807) is 19.3 Å². The van der Waals surface area contributed by atoms with Crippen molar-refractivity contribution < 1.29 is 9.90 Å². The van der Waals surface area contributed by atoms with Crippen LogP contribution in [0.25, 0.3) is 0 Å². The van der Waals surface area contributed by atoms with Crippen molar-refractivity contribution in [3.8, 4) is 0 Å². The van der Waals surface area contributed by atoms with Gasteiger partial charge in [-0.1, -0.05) is 0 Å². The first-order chi connectivity index (χ1) is 8.59. The van der Waals surface area contributed by atoms with Crippen LogP contribution in [0.5, 0.6) is 0 Å². The maximum absolute atomic E-state index is 11.1. The quantitative estimate of drug-likeness (QED) is 0.886. The van der Waals surface area contributed by atoms with Crippen LogP contribution in [0.2, 0.25) is 0 Å². The van der Waals surface area contributed by atoms with Crippen molar-refractivity contribution in [1.29, 1.82) is 0 Å². The van der Waals surface area contributed by atoms with Crippen molar-refractivity contribution >= 4 is 22.5 Å². The van der Waals surface area contributed by atoms with E-state index in [1.807, 2.05) is 13.0 Å². The highest BCUT2D eigenvalue weighted by Gasteiger charge is 2.17. The van der Waals surface area contributed by atoms with E-state index in [0.29, 0.717) is 17.2 Å². The number of hydrogen-bond donors (Lipinski definition) is 2. The zero-order valence-electron chi connectivity index (χ0n) is 10.1. The van der Waals surface area contributed by atoms with E-state index in [-0.39, 0.29) is 5.56 Å². The van der Waals surface area contributed by atoms with Gasteiger partial charge in [-0.15, -0.1) is 0 Å². The highest BCUT2D eigenvalue weighted by Crippen LogP contribution is 2.25. The summed E-state index contributed by atoms with van der Waals surface area (Å²) in [7, 11) is 0. The van der Waals surface area contributed by atoms with Gasteiger partial charge in [0.25, 0.3) is 0 Å². The molecular weight excluding hydrogens is 250 g/mol. The molecule has 18 heavy (non-hydrogen) atoms. The number of carbonyl (C=O) groups is 1. The molecule has 0 radical (unpaired) electrons. The lowest BCUT2D eigenvalue weighted by Gasteiger charge is -2.07. The van der Waals surface area contributed by atoms with Gasteiger partial charge in [0, 0.05) is 18.9 Å². The summed E-state index contributed by atoms with van der Waals surface area (Å²) in [5.41, 5.74) is 2.96. The van der Waals surface area contributed by atoms with Crippen LogP contribution in [0.4, 0.5) is 5.00 Å². The second-order valence-corrected chi connectivity index (χ2v) is 4.71. The minimum atomic E-state index is -0.949. The molecule has 0 bridgehead atoms. The second kappa shape index (κ2) is 5.14. The molecule has 5 nitrogen and oxygen atoms in total. The zero-order valence-corrected chi connectivity index (χ0v) is 10.9. The fourth-order valence-electron chi connectivity index (χ4n) is 1.62. The molecule has 2 heterocycles. The Morgan fingerprint density at radius 2 is 2.28 bits per heavy atom. The van der Waals surface area contributed by atoms with Crippen molar-refractivity contribution in [1.82, 2.24) is 9.36 Å². The molecule has 2 aromatic rings. The molecule has 0 saturated carbocycles. The van der Waals surface area contributed by atoms with E-state index in [0.717, 1.165) is 11.1 Å². The molecule has 2 rings (SSSR count). The Balaban J connectivity index is 2.16. The Hall–Kier alpha value is -1.95. The molecule has 0 aliphatic carbocycles. The summed E-state index contributed by atoms with van der Waals surface area (Å²) in [4.78, 5) is 15.1. The third-order valence-electron chi connectivity index (χ3n) is 2.65. The SMILES string of the molecule is Cc1cnccc1CNc1snc(C)c1C(=O)O. The second-order valence-electron chi connectivity index (χ2n) is 3.93. The monoisotopic (exact) mass is 263 g/mol. The molecule has 2 N–H and O–H groups in total. The number of aromatic carboxylic acids is 1. The maximum atomic E-state index is 11.1. The summed E-state index contributed by atoms with van der Waals surface area (Å²) in [5.74, 6) is -0.949. The van der Waals surface area contributed by atoms with Crippen molar-refractivity contribution in [2.75, 3.05) is 5.32 Å². The van der Waals surface area contributed by atoms with Gasteiger partial charge in [-0.2, -0.15) is 4.37 Å². The average molecular weight is 263 g/mol. The van der Waals surface area contributed by atoms with E-state index in [2.05, 4.69) is 14.7 Å².